The maximum absolute atomic E-state index is 13.1. The van der Waals surface area contributed by atoms with Crippen LogP contribution in [0.2, 0.25) is 10.0 Å². The Bertz CT molecular complexity index is 1080. The Kier molecular flexibility index (Phi) is 7.19. The number of carbonyl (C=O) groups is 2. The Balaban J connectivity index is 1.98. The fourth-order valence-corrected chi connectivity index (χ4v) is 3.90. The van der Waals surface area contributed by atoms with Gasteiger partial charge in [-0.3, -0.25) is 14.5 Å². The zero-order chi connectivity index (χ0) is 22.7. The summed E-state index contributed by atoms with van der Waals surface area (Å²) in [6.07, 6.45) is 1.49. The molecule has 2 aromatic carbocycles. The number of halogens is 4. The lowest BCUT2D eigenvalue weighted by Crippen LogP contribution is -2.33. The highest BCUT2D eigenvalue weighted by Crippen LogP contribution is 2.33. The topological polar surface area (TPSA) is 85.0 Å². The highest BCUT2D eigenvalue weighted by atomic mass is 35.5. The number of ether oxygens (including phenoxy) is 1. The molecule has 0 aliphatic carbocycles. The fraction of sp³-hybridized carbons (Fsp3) is 0.150. The molecule has 0 saturated heterocycles. The molecule has 0 spiro atoms. The molecule has 1 aliphatic rings. The number of aliphatic imine (C=N–C) groups is 1. The third kappa shape index (κ3) is 5.55. The summed E-state index contributed by atoms with van der Waals surface area (Å²) < 4.78 is 29.1. The van der Waals surface area contributed by atoms with Crippen molar-refractivity contribution in [2.75, 3.05) is 4.90 Å². The van der Waals surface area contributed by atoms with E-state index in [1.807, 2.05) is 0 Å². The lowest BCUT2D eigenvalue weighted by molar-refractivity contribution is -0.117. The molecule has 0 aromatic heterocycles. The number of benzene rings is 2. The Morgan fingerprint density at radius 2 is 1.90 bits per heavy atom. The zero-order valence-corrected chi connectivity index (χ0v) is 18.2. The largest absolute Gasteiger partial charge is 0.435 e. The number of nitrogens with zero attached hydrogens (tertiary/aromatic N) is 2. The van der Waals surface area contributed by atoms with Crippen molar-refractivity contribution in [1.82, 2.24) is 0 Å². The molecule has 162 valence electrons. The van der Waals surface area contributed by atoms with Gasteiger partial charge in [0.05, 0.1) is 10.9 Å². The van der Waals surface area contributed by atoms with Crippen LogP contribution in [0, 0.1) is 0 Å². The molecule has 3 rings (SSSR count). The molecular formula is C20H15Cl2F2N3O3S. The van der Waals surface area contributed by atoms with Crippen LogP contribution in [-0.4, -0.2) is 28.8 Å². The number of alkyl halides is 2. The van der Waals surface area contributed by atoms with Crippen LogP contribution >= 0.6 is 35.0 Å². The lowest BCUT2D eigenvalue weighted by atomic mass is 10.2. The van der Waals surface area contributed by atoms with Gasteiger partial charge in [-0.25, -0.2) is 4.99 Å². The zero-order valence-electron chi connectivity index (χ0n) is 15.9. The standard InChI is InChI=1S/C20H15Cl2F2N3O3S/c1-10(17(25)28)31-20-26-16(8-11-2-3-12(21)9-15(11)22)18(29)27(20)13-4-6-14(7-5-13)30-19(23)24/h2-10,19H,1H3,(H2,25,28)/b16-8-/t10-/m1/s1. The number of amidine groups is 1. The molecular weight excluding hydrogens is 471 g/mol. The summed E-state index contributed by atoms with van der Waals surface area (Å²) in [7, 11) is 0. The first-order valence-corrected chi connectivity index (χ1v) is 10.4. The van der Waals surface area contributed by atoms with Crippen molar-refractivity contribution in [3.63, 3.8) is 0 Å². The van der Waals surface area contributed by atoms with Gasteiger partial charge in [0.1, 0.15) is 11.4 Å². The van der Waals surface area contributed by atoms with Crippen LogP contribution in [-0.2, 0) is 9.59 Å². The van der Waals surface area contributed by atoms with Crippen LogP contribution in [0.15, 0.2) is 53.2 Å². The van der Waals surface area contributed by atoms with Crippen LogP contribution in [0.1, 0.15) is 12.5 Å². The number of hydrogen-bond donors (Lipinski definition) is 1. The minimum atomic E-state index is -2.97. The van der Waals surface area contributed by atoms with Gasteiger partial charge in [0.15, 0.2) is 5.17 Å². The predicted molar refractivity (Wildman–Crippen MR) is 119 cm³/mol. The number of rotatable bonds is 6. The number of hydrogen-bond acceptors (Lipinski definition) is 5. The highest BCUT2D eigenvalue weighted by Gasteiger charge is 2.34. The number of amides is 2. The monoisotopic (exact) mass is 485 g/mol. The van der Waals surface area contributed by atoms with Gasteiger partial charge in [-0.1, -0.05) is 41.0 Å². The third-order valence-electron chi connectivity index (χ3n) is 4.09. The summed E-state index contributed by atoms with van der Waals surface area (Å²) in [5.41, 5.74) is 6.28. The smallest absolute Gasteiger partial charge is 0.387 e. The van der Waals surface area contributed by atoms with E-state index in [9.17, 15) is 18.4 Å². The van der Waals surface area contributed by atoms with Gasteiger partial charge in [0.2, 0.25) is 5.91 Å². The maximum atomic E-state index is 13.1. The van der Waals surface area contributed by atoms with E-state index in [4.69, 9.17) is 28.9 Å². The van der Waals surface area contributed by atoms with Crippen molar-refractivity contribution < 1.29 is 23.1 Å². The highest BCUT2D eigenvalue weighted by molar-refractivity contribution is 8.15. The van der Waals surface area contributed by atoms with E-state index in [-0.39, 0.29) is 16.6 Å². The molecule has 0 radical (unpaired) electrons. The van der Waals surface area contributed by atoms with E-state index < -0.39 is 23.7 Å². The van der Waals surface area contributed by atoms with E-state index in [0.717, 1.165) is 11.8 Å². The summed E-state index contributed by atoms with van der Waals surface area (Å²) >= 11 is 13.1. The molecule has 2 amide bonds. The molecule has 1 heterocycles. The predicted octanol–water partition coefficient (Wildman–Crippen LogP) is 4.95. The Hall–Kier alpha value is -2.62. The molecule has 11 heteroatoms. The van der Waals surface area contributed by atoms with Gasteiger partial charge in [-0.15, -0.1) is 0 Å². The van der Waals surface area contributed by atoms with Crippen LogP contribution < -0.4 is 15.4 Å². The van der Waals surface area contributed by atoms with E-state index in [0.29, 0.717) is 21.3 Å². The van der Waals surface area contributed by atoms with Crippen LogP contribution in [0.25, 0.3) is 6.08 Å². The van der Waals surface area contributed by atoms with E-state index in [1.54, 1.807) is 19.1 Å². The molecule has 0 saturated carbocycles. The second-order valence-corrected chi connectivity index (χ2v) is 8.42. The van der Waals surface area contributed by atoms with Crippen LogP contribution in [0.5, 0.6) is 5.75 Å². The fourth-order valence-electron chi connectivity index (χ4n) is 2.56. The Morgan fingerprint density at radius 1 is 1.23 bits per heavy atom. The van der Waals surface area contributed by atoms with Crippen molar-refractivity contribution in [3.8, 4) is 5.75 Å². The van der Waals surface area contributed by atoms with Crippen LogP contribution in [0.3, 0.4) is 0 Å². The number of nitrogens with two attached hydrogens (primary N) is 1. The quantitative estimate of drug-likeness (QED) is 0.586. The second kappa shape index (κ2) is 9.67. The Labute approximate surface area is 190 Å². The van der Waals surface area contributed by atoms with Gasteiger partial charge < -0.3 is 10.5 Å². The number of anilines is 1. The number of thioether (sulfide) groups is 1. The molecule has 1 atom stereocenters. The van der Waals surface area contributed by atoms with Gasteiger partial charge in [-0.2, -0.15) is 8.78 Å². The van der Waals surface area contributed by atoms with Crippen molar-refractivity contribution in [2.45, 2.75) is 18.8 Å². The molecule has 0 fully saturated rings. The molecule has 2 aromatic rings. The minimum Gasteiger partial charge on any atom is -0.435 e. The normalized spacial score (nSPS) is 16.1. The number of carbonyl (C=O) groups excluding carboxylic acids is 2. The molecule has 0 unspecified atom stereocenters. The van der Waals surface area contributed by atoms with E-state index >= 15 is 0 Å². The maximum Gasteiger partial charge on any atom is 0.387 e. The van der Waals surface area contributed by atoms with E-state index in [1.165, 1.54) is 41.3 Å². The summed E-state index contributed by atoms with van der Waals surface area (Å²) in [6, 6.07) is 10.2. The number of primary amides is 1. The first-order chi connectivity index (χ1) is 14.7. The summed E-state index contributed by atoms with van der Waals surface area (Å²) in [4.78, 5) is 30.2. The van der Waals surface area contributed by atoms with Crippen LogP contribution in [0.4, 0.5) is 14.5 Å². The summed E-state index contributed by atoms with van der Waals surface area (Å²) in [5.74, 6) is -1.14. The average molecular weight is 486 g/mol. The first-order valence-electron chi connectivity index (χ1n) is 8.76. The Morgan fingerprint density at radius 3 is 2.48 bits per heavy atom. The first kappa shape index (κ1) is 23.1. The van der Waals surface area contributed by atoms with Crippen molar-refractivity contribution >= 4 is 63.7 Å². The summed E-state index contributed by atoms with van der Waals surface area (Å²) in [6.45, 7) is -1.39. The van der Waals surface area contributed by atoms with Gasteiger partial charge in [0, 0.05) is 10.0 Å². The lowest BCUT2D eigenvalue weighted by Gasteiger charge is -2.19. The molecule has 31 heavy (non-hydrogen) atoms. The van der Waals surface area contributed by atoms with Gasteiger partial charge in [0.25, 0.3) is 5.91 Å². The molecule has 1 aliphatic heterocycles. The molecule has 6 nitrogen and oxygen atoms in total. The third-order valence-corrected chi connectivity index (χ3v) is 5.72. The van der Waals surface area contributed by atoms with Gasteiger partial charge >= 0.3 is 6.61 Å². The van der Waals surface area contributed by atoms with Crippen molar-refractivity contribution in [2.24, 2.45) is 10.7 Å². The van der Waals surface area contributed by atoms with E-state index in [2.05, 4.69) is 9.73 Å². The van der Waals surface area contributed by atoms with Gasteiger partial charge in [-0.05, 0) is 55.0 Å². The molecule has 2 N–H and O–H groups in total. The van der Waals surface area contributed by atoms with Crippen molar-refractivity contribution in [1.29, 1.82) is 0 Å². The van der Waals surface area contributed by atoms with Crippen molar-refractivity contribution in [3.05, 3.63) is 63.8 Å². The SMILES string of the molecule is C[C@@H](SC1=N/C(=C\c2ccc(Cl)cc2Cl)C(=O)N1c1ccc(OC(F)F)cc1)C(N)=O. The molecule has 0 bridgehead atoms. The second-order valence-electron chi connectivity index (χ2n) is 6.27. The average Bonchev–Trinajstić information content (AvgIpc) is 2.99. The summed E-state index contributed by atoms with van der Waals surface area (Å²) in [5, 5.41) is 0.298. The minimum absolute atomic E-state index is 0.0641.